The normalized spacial score (nSPS) is 13.5. The van der Waals surface area contributed by atoms with Crippen molar-refractivity contribution in [3.05, 3.63) is 0 Å². The maximum absolute atomic E-state index is 12.9. The second-order valence-corrected chi connectivity index (χ2v) is 9.35. The molecule has 0 spiro atoms. The molecule has 0 rings (SSSR count). The minimum atomic E-state index is -1.30. The van der Waals surface area contributed by atoms with E-state index >= 15 is 0 Å². The van der Waals surface area contributed by atoms with Crippen molar-refractivity contribution in [2.45, 2.75) is 71.1 Å². The van der Waals surface area contributed by atoms with Gasteiger partial charge >= 0.3 is 0 Å². The summed E-state index contributed by atoms with van der Waals surface area (Å²) in [6.45, 7) is 5.50. The number of nitrogens with zero attached hydrogens (tertiary/aromatic N) is 1. The molecule has 0 aromatic carbocycles. The fourth-order valence-corrected chi connectivity index (χ4v) is 3.43. The molecule has 3 unspecified atom stereocenters. The Labute approximate surface area is 241 Å². The number of nitrogens with one attached hydrogen (secondary N) is 7. The molecule has 0 heterocycles. The highest BCUT2D eigenvalue weighted by atomic mass is 16.2. The summed E-state index contributed by atoms with van der Waals surface area (Å²) in [6, 6.07) is -3.37. The van der Waals surface area contributed by atoms with Gasteiger partial charge in [-0.2, -0.15) is 0 Å². The van der Waals surface area contributed by atoms with E-state index in [9.17, 15) is 33.6 Å². The van der Waals surface area contributed by atoms with Crippen LogP contribution in [0.4, 0.5) is 0 Å². The molecule has 234 valence electrons. The van der Waals surface area contributed by atoms with Crippen LogP contribution >= 0.6 is 0 Å². The summed E-state index contributed by atoms with van der Waals surface area (Å²) in [5, 5.41) is 18.1. The smallest absolute Gasteiger partial charge is 0.244 e. The third kappa shape index (κ3) is 14.0. The molecule has 16 nitrogen and oxygen atoms in total. The Bertz CT molecular complexity index is 916. The van der Waals surface area contributed by atoms with Crippen LogP contribution in [-0.4, -0.2) is 117 Å². The molecule has 4 atom stereocenters. The topological polar surface area (TPSA) is 233 Å². The molecule has 0 saturated heterocycles. The van der Waals surface area contributed by atoms with Gasteiger partial charge in [-0.25, -0.2) is 0 Å². The summed E-state index contributed by atoms with van der Waals surface area (Å²) in [5.41, 5.74) is 5.73. The molecule has 0 aromatic heterocycles. The lowest BCUT2D eigenvalue weighted by molar-refractivity contribution is -0.151. The lowest BCUT2D eigenvalue weighted by Crippen LogP contribution is -2.59. The molecular formula is C25H47N9O7. The molecule has 41 heavy (non-hydrogen) atoms. The Kier molecular flexibility index (Phi) is 18.5. The van der Waals surface area contributed by atoms with Crippen molar-refractivity contribution in [2.75, 3.05) is 46.8 Å². The third-order valence-electron chi connectivity index (χ3n) is 5.85. The van der Waals surface area contributed by atoms with Gasteiger partial charge in [0.05, 0.1) is 19.1 Å². The molecule has 7 amide bonds. The van der Waals surface area contributed by atoms with E-state index in [1.165, 1.54) is 7.05 Å². The minimum absolute atomic E-state index is 0.0212. The number of amides is 7. The highest BCUT2D eigenvalue weighted by Crippen LogP contribution is 2.07. The van der Waals surface area contributed by atoms with Gasteiger partial charge in [-0.15, -0.1) is 0 Å². The van der Waals surface area contributed by atoms with E-state index in [0.29, 0.717) is 6.42 Å². The molecular weight excluding hydrogens is 538 g/mol. The molecule has 0 aliphatic carbocycles. The van der Waals surface area contributed by atoms with Crippen molar-refractivity contribution in [1.29, 1.82) is 0 Å². The van der Waals surface area contributed by atoms with E-state index in [1.807, 2.05) is 0 Å². The van der Waals surface area contributed by atoms with Gasteiger partial charge in [0, 0.05) is 38.5 Å². The zero-order chi connectivity index (χ0) is 31.5. The minimum Gasteiger partial charge on any atom is -0.353 e. The number of carbonyl (C=O) groups is 7. The number of nitrogens with two attached hydrogens (primary N) is 1. The van der Waals surface area contributed by atoms with E-state index in [1.54, 1.807) is 34.7 Å². The van der Waals surface area contributed by atoms with Crippen LogP contribution in [0.2, 0.25) is 0 Å². The molecule has 0 aliphatic heterocycles. The highest BCUT2D eigenvalue weighted by Gasteiger charge is 2.33. The van der Waals surface area contributed by atoms with Gasteiger partial charge in [-0.05, 0) is 34.4 Å². The summed E-state index contributed by atoms with van der Waals surface area (Å²) >= 11 is 0. The monoisotopic (exact) mass is 585 g/mol. The summed E-state index contributed by atoms with van der Waals surface area (Å²) in [5.74, 6) is -3.99. The first kappa shape index (κ1) is 37.4. The summed E-state index contributed by atoms with van der Waals surface area (Å²) in [7, 11) is 3.18. The number of hydrogen-bond acceptors (Lipinski definition) is 10. The fraction of sp³-hybridized carbons (Fsp3) is 0.720. The summed E-state index contributed by atoms with van der Waals surface area (Å²) in [4.78, 5) is 87.9. The molecule has 0 fully saturated rings. The maximum atomic E-state index is 12.9. The van der Waals surface area contributed by atoms with Gasteiger partial charge in [-0.1, -0.05) is 13.8 Å². The zero-order valence-electron chi connectivity index (χ0n) is 24.8. The number of carbonyl (C=O) groups excluding carboxylic acids is 7. The average Bonchev–Trinajstić information content (AvgIpc) is 2.94. The Hall–Kier alpha value is -3.63. The van der Waals surface area contributed by atoms with Crippen LogP contribution in [0.3, 0.4) is 0 Å². The van der Waals surface area contributed by atoms with Crippen LogP contribution in [0.15, 0.2) is 0 Å². The molecule has 0 radical (unpaired) electrons. The van der Waals surface area contributed by atoms with Gasteiger partial charge in [0.25, 0.3) is 0 Å². The van der Waals surface area contributed by atoms with Crippen molar-refractivity contribution in [2.24, 2.45) is 5.73 Å². The third-order valence-corrected chi connectivity index (χ3v) is 5.85. The highest BCUT2D eigenvalue weighted by molar-refractivity contribution is 6.00. The van der Waals surface area contributed by atoms with E-state index in [0.717, 1.165) is 4.90 Å². The predicted molar refractivity (Wildman–Crippen MR) is 151 cm³/mol. The van der Waals surface area contributed by atoms with Gasteiger partial charge < -0.3 is 43.0 Å². The van der Waals surface area contributed by atoms with Gasteiger partial charge in [0.1, 0.15) is 12.1 Å². The predicted octanol–water partition coefficient (Wildman–Crippen LogP) is -3.96. The van der Waals surface area contributed by atoms with Crippen LogP contribution in [0.5, 0.6) is 0 Å². The molecule has 9 N–H and O–H groups in total. The lowest BCUT2D eigenvalue weighted by atomic mass is 10.1. The molecule has 0 saturated carbocycles. The Balaban J connectivity index is 5.27. The van der Waals surface area contributed by atoms with Crippen molar-refractivity contribution >= 4 is 41.4 Å². The molecule has 0 bridgehead atoms. The van der Waals surface area contributed by atoms with Crippen molar-refractivity contribution in [3.63, 3.8) is 0 Å². The van der Waals surface area contributed by atoms with Crippen LogP contribution in [0.1, 0.15) is 47.0 Å². The van der Waals surface area contributed by atoms with E-state index in [2.05, 4.69) is 37.2 Å². The molecule has 0 aromatic rings. The lowest BCUT2D eigenvalue weighted by Gasteiger charge is -2.29. The van der Waals surface area contributed by atoms with Crippen LogP contribution in [0.25, 0.3) is 0 Å². The van der Waals surface area contributed by atoms with Gasteiger partial charge in [-0.3, -0.25) is 38.5 Å². The standard InChI is InChI=1S/C25H47N9O7/c1-7-9-22(38)34(21(37)8-2)18(10-26)25(41)30-12-17(33-20(36)13-27-5)24(40)31-14-19(35)29-11-15(3)32-23(39)16(4)28-6/h15-18,27-28H,7-14,26H2,1-6H3,(H,29,35)(H,30,41)(H,31,40)(H,32,39)(H,33,36)/t15?,16?,17?,18-/m0/s1. The largest absolute Gasteiger partial charge is 0.353 e. The van der Waals surface area contributed by atoms with Gasteiger partial charge in [0.15, 0.2) is 0 Å². The first-order valence-corrected chi connectivity index (χ1v) is 13.6. The van der Waals surface area contributed by atoms with Crippen molar-refractivity contribution in [1.82, 2.24) is 42.1 Å². The summed E-state index contributed by atoms with van der Waals surface area (Å²) < 4.78 is 0. The number of rotatable bonds is 19. The van der Waals surface area contributed by atoms with Crippen LogP contribution in [-0.2, 0) is 33.6 Å². The Morgan fingerprint density at radius 2 is 1.41 bits per heavy atom. The Morgan fingerprint density at radius 3 is 1.95 bits per heavy atom. The zero-order valence-corrected chi connectivity index (χ0v) is 24.8. The van der Waals surface area contributed by atoms with E-state index in [-0.39, 0.29) is 44.4 Å². The Morgan fingerprint density at radius 1 is 0.756 bits per heavy atom. The number of likely N-dealkylation sites (N-methyl/N-ethyl adjacent to an activating group) is 2. The number of imide groups is 1. The van der Waals surface area contributed by atoms with Crippen molar-refractivity contribution < 1.29 is 33.6 Å². The molecule has 16 heteroatoms. The molecule has 0 aliphatic rings. The van der Waals surface area contributed by atoms with Crippen LogP contribution < -0.4 is 43.0 Å². The first-order valence-electron chi connectivity index (χ1n) is 13.6. The maximum Gasteiger partial charge on any atom is 0.244 e. The quantitative estimate of drug-likeness (QED) is 0.0732. The average molecular weight is 586 g/mol. The van der Waals surface area contributed by atoms with Crippen molar-refractivity contribution in [3.8, 4) is 0 Å². The van der Waals surface area contributed by atoms with E-state index < -0.39 is 66.7 Å². The van der Waals surface area contributed by atoms with Gasteiger partial charge in [0.2, 0.25) is 41.4 Å². The number of hydrogen-bond donors (Lipinski definition) is 8. The van der Waals surface area contributed by atoms with E-state index in [4.69, 9.17) is 5.73 Å². The van der Waals surface area contributed by atoms with Crippen LogP contribution in [0, 0.1) is 0 Å². The SMILES string of the molecule is CCCC(=O)N(C(=O)CC)[C@@H](CN)C(=O)NCC(NC(=O)CNC)C(=O)NCC(=O)NCC(C)NC(=O)C(C)NC. The second kappa shape index (κ2) is 20.3. The first-order chi connectivity index (χ1) is 19.4. The fourth-order valence-electron chi connectivity index (χ4n) is 3.43. The summed E-state index contributed by atoms with van der Waals surface area (Å²) in [6.07, 6.45) is 0.483. The second-order valence-electron chi connectivity index (χ2n) is 9.35.